The molecule has 1 N–H and O–H groups in total. The van der Waals surface area contributed by atoms with E-state index in [1.807, 2.05) is 48.5 Å². The van der Waals surface area contributed by atoms with Crippen LogP contribution in [0.2, 0.25) is 0 Å². The number of halogens is 1. The Hall–Kier alpha value is -1.70. The van der Waals surface area contributed by atoms with Crippen molar-refractivity contribution in [1.29, 1.82) is 0 Å². The number of methoxy groups -OCH3 is 1. The molecule has 0 bridgehead atoms. The van der Waals surface area contributed by atoms with Crippen LogP contribution in [-0.4, -0.2) is 17.1 Å². The molecule has 0 aliphatic carbocycles. The number of aromatic amines is 1. The molecule has 0 unspecified atom stereocenters. The normalized spacial score (nSPS) is 10.7. The van der Waals surface area contributed by atoms with Crippen molar-refractivity contribution in [3.63, 3.8) is 0 Å². The largest absolute Gasteiger partial charge is 0.497 e. The van der Waals surface area contributed by atoms with Gasteiger partial charge in [0.25, 0.3) is 5.56 Å². The Morgan fingerprint density at radius 2 is 1.77 bits per heavy atom. The molecule has 0 fully saturated rings. The van der Waals surface area contributed by atoms with Crippen LogP contribution in [0.5, 0.6) is 5.75 Å². The lowest BCUT2D eigenvalue weighted by Gasteiger charge is -2.06. The fourth-order valence-corrected chi connectivity index (χ4v) is 4.09. The number of rotatable bonds is 7. The first-order chi connectivity index (χ1) is 12.6. The predicted molar refractivity (Wildman–Crippen MR) is 111 cm³/mol. The van der Waals surface area contributed by atoms with Crippen molar-refractivity contribution in [2.24, 2.45) is 0 Å². The molecule has 0 atom stereocenters. The molecule has 26 heavy (non-hydrogen) atoms. The second-order valence-electron chi connectivity index (χ2n) is 5.42. The third-order valence-electron chi connectivity index (χ3n) is 3.51. The van der Waals surface area contributed by atoms with E-state index in [9.17, 15) is 4.79 Å². The molecule has 3 rings (SSSR count). The zero-order valence-electron chi connectivity index (χ0n) is 14.1. The minimum Gasteiger partial charge on any atom is -0.497 e. The molecule has 0 spiro atoms. The highest BCUT2D eigenvalue weighted by Gasteiger charge is 2.05. The average molecular weight is 449 g/mol. The Bertz CT molecular complexity index is 912. The Morgan fingerprint density at radius 1 is 1.04 bits per heavy atom. The molecular formula is C19H17BrN2O2S2. The first-order valence-electron chi connectivity index (χ1n) is 7.87. The predicted octanol–water partition coefficient (Wildman–Crippen LogP) is 5.13. The Balaban J connectivity index is 1.62. The number of hydrogen-bond donors (Lipinski definition) is 1. The maximum absolute atomic E-state index is 11.9. The van der Waals surface area contributed by atoms with E-state index < -0.39 is 0 Å². The van der Waals surface area contributed by atoms with Crippen LogP contribution in [0.3, 0.4) is 0 Å². The van der Waals surface area contributed by atoms with E-state index in [1.165, 1.54) is 11.8 Å². The van der Waals surface area contributed by atoms with Crippen molar-refractivity contribution >= 4 is 39.5 Å². The lowest BCUT2D eigenvalue weighted by Crippen LogP contribution is -2.09. The summed E-state index contributed by atoms with van der Waals surface area (Å²) in [6, 6.07) is 17.5. The van der Waals surface area contributed by atoms with Crippen molar-refractivity contribution in [3.05, 3.63) is 80.7 Å². The van der Waals surface area contributed by atoms with Gasteiger partial charge >= 0.3 is 0 Å². The van der Waals surface area contributed by atoms with Crippen LogP contribution >= 0.6 is 39.5 Å². The summed E-state index contributed by atoms with van der Waals surface area (Å²) < 4.78 is 6.21. The molecule has 0 aliphatic rings. The Kier molecular flexibility index (Phi) is 6.82. The zero-order chi connectivity index (χ0) is 18.4. The average Bonchev–Trinajstić information content (AvgIpc) is 2.66. The van der Waals surface area contributed by atoms with E-state index in [-0.39, 0.29) is 5.56 Å². The summed E-state index contributed by atoms with van der Waals surface area (Å²) in [4.78, 5) is 20.4. The molecule has 2 aromatic carbocycles. The zero-order valence-corrected chi connectivity index (χ0v) is 17.3. The summed E-state index contributed by atoms with van der Waals surface area (Å²) in [7, 11) is 1.65. The number of ether oxygens (including phenoxy) is 1. The molecule has 134 valence electrons. The lowest BCUT2D eigenvalue weighted by molar-refractivity contribution is 0.414. The smallest absolute Gasteiger partial charge is 0.251 e. The minimum absolute atomic E-state index is 0.122. The molecule has 0 saturated heterocycles. The van der Waals surface area contributed by atoms with Gasteiger partial charge in [0.2, 0.25) is 0 Å². The van der Waals surface area contributed by atoms with Gasteiger partial charge in [-0.05, 0) is 42.0 Å². The molecule has 0 radical (unpaired) electrons. The van der Waals surface area contributed by atoms with E-state index >= 15 is 0 Å². The highest BCUT2D eigenvalue weighted by Crippen LogP contribution is 2.25. The fraction of sp³-hybridized carbons (Fsp3) is 0.158. The van der Waals surface area contributed by atoms with Crippen molar-refractivity contribution in [3.8, 4) is 5.75 Å². The van der Waals surface area contributed by atoms with Gasteiger partial charge in [-0.3, -0.25) is 4.79 Å². The number of aromatic nitrogens is 2. The van der Waals surface area contributed by atoms with Gasteiger partial charge in [0.05, 0.1) is 12.8 Å². The maximum atomic E-state index is 11.9. The molecule has 4 nitrogen and oxygen atoms in total. The third-order valence-corrected chi connectivity index (χ3v) is 6.03. The van der Waals surface area contributed by atoms with Gasteiger partial charge < -0.3 is 9.72 Å². The number of nitrogens with zero attached hydrogens (tertiary/aromatic N) is 1. The summed E-state index contributed by atoms with van der Waals surface area (Å²) in [5.74, 6) is 2.22. The van der Waals surface area contributed by atoms with Crippen molar-refractivity contribution in [2.45, 2.75) is 21.6 Å². The van der Waals surface area contributed by atoms with Crippen LogP contribution in [0.1, 0.15) is 11.3 Å². The lowest BCUT2D eigenvalue weighted by atomic mass is 10.2. The van der Waals surface area contributed by atoms with Crippen molar-refractivity contribution < 1.29 is 4.74 Å². The molecule has 0 amide bonds. The molecule has 0 aliphatic heterocycles. The summed E-state index contributed by atoms with van der Waals surface area (Å²) >= 11 is 6.60. The van der Waals surface area contributed by atoms with E-state index in [4.69, 9.17) is 4.74 Å². The number of H-pyrrole nitrogens is 1. The number of hydrogen-bond acceptors (Lipinski definition) is 5. The molecule has 3 aromatic rings. The van der Waals surface area contributed by atoms with Crippen molar-refractivity contribution in [2.75, 3.05) is 7.11 Å². The summed E-state index contributed by atoms with van der Waals surface area (Å²) in [6.07, 6.45) is 0. The molecule has 7 heteroatoms. The fourth-order valence-electron chi connectivity index (χ4n) is 2.19. The van der Waals surface area contributed by atoms with Crippen LogP contribution in [0.15, 0.2) is 73.9 Å². The summed E-state index contributed by atoms with van der Waals surface area (Å²) in [6.45, 7) is 0. The van der Waals surface area contributed by atoms with Crippen LogP contribution < -0.4 is 10.3 Å². The molecule has 1 aromatic heterocycles. The van der Waals surface area contributed by atoms with Crippen LogP contribution in [0.4, 0.5) is 0 Å². The summed E-state index contributed by atoms with van der Waals surface area (Å²) in [5, 5.41) is 0.639. The Labute approximate surface area is 168 Å². The van der Waals surface area contributed by atoms with Gasteiger partial charge in [-0.25, -0.2) is 4.98 Å². The number of thioether (sulfide) groups is 2. The van der Waals surface area contributed by atoms with Gasteiger partial charge in [-0.15, -0.1) is 11.8 Å². The van der Waals surface area contributed by atoms with Gasteiger partial charge in [0, 0.05) is 26.9 Å². The van der Waals surface area contributed by atoms with Crippen molar-refractivity contribution in [1.82, 2.24) is 9.97 Å². The highest BCUT2D eigenvalue weighted by atomic mass is 79.9. The molecular weight excluding hydrogens is 432 g/mol. The second-order valence-corrected chi connectivity index (χ2v) is 8.35. The van der Waals surface area contributed by atoms with Gasteiger partial charge in [0.1, 0.15) is 5.75 Å². The molecule has 0 saturated carbocycles. The SMILES string of the molecule is COc1ccc(CSc2nc(CSc3ccc(Br)cc3)cc(=O)[nH]2)cc1. The molecule has 1 heterocycles. The first-order valence-corrected chi connectivity index (χ1v) is 10.6. The van der Waals surface area contributed by atoms with E-state index in [0.29, 0.717) is 10.9 Å². The third kappa shape index (κ3) is 5.65. The maximum Gasteiger partial charge on any atom is 0.251 e. The quantitative estimate of drug-likeness (QED) is 0.401. The topological polar surface area (TPSA) is 55.0 Å². The minimum atomic E-state index is -0.122. The number of benzene rings is 2. The van der Waals surface area contributed by atoms with Crippen LogP contribution in [0, 0.1) is 0 Å². The van der Waals surface area contributed by atoms with Gasteiger partial charge in [0.15, 0.2) is 5.16 Å². The monoisotopic (exact) mass is 448 g/mol. The standard InChI is InChI=1S/C19H17BrN2O2S2/c1-24-16-6-2-13(3-7-16)11-26-19-21-15(10-18(23)22-19)12-25-17-8-4-14(20)5-9-17/h2-10H,11-12H2,1H3,(H,21,22,23). The van der Waals surface area contributed by atoms with Gasteiger partial charge in [-0.2, -0.15) is 0 Å². The van der Waals surface area contributed by atoms with E-state index in [2.05, 4.69) is 25.9 Å². The van der Waals surface area contributed by atoms with E-state index in [0.717, 1.165) is 32.1 Å². The Morgan fingerprint density at radius 3 is 2.46 bits per heavy atom. The first kappa shape index (κ1) is 19.1. The van der Waals surface area contributed by atoms with Crippen LogP contribution in [-0.2, 0) is 11.5 Å². The van der Waals surface area contributed by atoms with E-state index in [1.54, 1.807) is 24.9 Å². The van der Waals surface area contributed by atoms with Gasteiger partial charge in [-0.1, -0.05) is 39.8 Å². The summed E-state index contributed by atoms with van der Waals surface area (Å²) in [5.41, 5.74) is 1.80. The second kappa shape index (κ2) is 9.30. The highest BCUT2D eigenvalue weighted by molar-refractivity contribution is 9.10. The van der Waals surface area contributed by atoms with Crippen LogP contribution in [0.25, 0.3) is 0 Å². The number of nitrogens with one attached hydrogen (secondary N) is 1.